The average molecular weight is 345 g/mol. The van der Waals surface area contributed by atoms with Gasteiger partial charge in [0.1, 0.15) is 0 Å². The van der Waals surface area contributed by atoms with Crippen LogP contribution in [0, 0.1) is 0 Å². The van der Waals surface area contributed by atoms with Crippen molar-refractivity contribution in [3.05, 3.63) is 65.2 Å². The first-order valence-electron chi connectivity index (χ1n) is 8.38. The minimum absolute atomic E-state index is 0.230. The van der Waals surface area contributed by atoms with Gasteiger partial charge in [-0.1, -0.05) is 43.3 Å². The van der Waals surface area contributed by atoms with Crippen molar-refractivity contribution in [2.24, 2.45) is 0 Å². The molecule has 1 aliphatic carbocycles. The number of rotatable bonds is 4. The van der Waals surface area contributed by atoms with E-state index < -0.39 is 22.2 Å². The maximum absolute atomic E-state index is 12.7. The Morgan fingerprint density at radius 2 is 1.83 bits per heavy atom. The van der Waals surface area contributed by atoms with Gasteiger partial charge in [0.15, 0.2) is 0 Å². The molecule has 0 unspecified atom stereocenters. The lowest BCUT2D eigenvalue weighted by Crippen LogP contribution is -2.36. The highest BCUT2D eigenvalue weighted by atomic mass is 32.2. The molecule has 128 valence electrons. The zero-order chi connectivity index (χ0) is 17.2. The highest BCUT2D eigenvalue weighted by Gasteiger charge is 2.30. The molecule has 0 saturated heterocycles. The Morgan fingerprint density at radius 3 is 2.54 bits per heavy atom. The van der Waals surface area contributed by atoms with Gasteiger partial charge in [-0.25, -0.2) is 13.1 Å². The van der Waals surface area contributed by atoms with Gasteiger partial charge < -0.3 is 5.11 Å². The van der Waals surface area contributed by atoms with Crippen LogP contribution in [0.1, 0.15) is 42.5 Å². The van der Waals surface area contributed by atoms with Gasteiger partial charge >= 0.3 is 0 Å². The van der Waals surface area contributed by atoms with Crippen LogP contribution in [0.3, 0.4) is 0 Å². The molecule has 0 saturated carbocycles. The number of hydrogen-bond donors (Lipinski definition) is 2. The van der Waals surface area contributed by atoms with E-state index in [2.05, 4.69) is 4.72 Å². The standard InChI is InChI=1S/C19H23NO3S/c1-2-14-10-12-16(13-11-14)24(22,23)20-19-17-8-4-3-6-15(17)7-5-9-18(19)21/h3-4,6,8,10-13,18-21H,2,5,7,9H2,1H3/t18-,19-/m0/s1. The first-order valence-corrected chi connectivity index (χ1v) is 9.86. The molecule has 1 aliphatic rings. The molecule has 2 atom stereocenters. The first kappa shape index (κ1) is 17.1. The Morgan fingerprint density at radius 1 is 1.12 bits per heavy atom. The Labute approximate surface area is 143 Å². The van der Waals surface area contributed by atoms with Crippen molar-refractivity contribution >= 4 is 10.0 Å². The molecule has 0 radical (unpaired) electrons. The summed E-state index contributed by atoms with van der Waals surface area (Å²) in [6.45, 7) is 2.03. The largest absolute Gasteiger partial charge is 0.391 e. The van der Waals surface area contributed by atoms with Gasteiger partial charge in [-0.2, -0.15) is 0 Å². The van der Waals surface area contributed by atoms with Gasteiger partial charge in [-0.15, -0.1) is 0 Å². The van der Waals surface area contributed by atoms with Gasteiger partial charge in [0, 0.05) is 0 Å². The normalized spacial score (nSPS) is 21.1. The van der Waals surface area contributed by atoms with Crippen LogP contribution >= 0.6 is 0 Å². The molecule has 0 spiro atoms. The Hall–Kier alpha value is -1.69. The fourth-order valence-electron chi connectivity index (χ4n) is 3.22. The van der Waals surface area contributed by atoms with Crippen LogP contribution in [0.2, 0.25) is 0 Å². The third kappa shape index (κ3) is 3.53. The lowest BCUT2D eigenvalue weighted by molar-refractivity contribution is 0.129. The smallest absolute Gasteiger partial charge is 0.241 e. The Bertz CT molecular complexity index is 800. The number of benzene rings is 2. The van der Waals surface area contributed by atoms with E-state index >= 15 is 0 Å². The van der Waals surface area contributed by atoms with Gasteiger partial charge in [0.2, 0.25) is 10.0 Å². The number of sulfonamides is 1. The summed E-state index contributed by atoms with van der Waals surface area (Å²) < 4.78 is 28.2. The summed E-state index contributed by atoms with van der Waals surface area (Å²) in [6.07, 6.45) is 2.43. The first-order chi connectivity index (χ1) is 11.5. The van der Waals surface area contributed by atoms with Crippen molar-refractivity contribution in [3.63, 3.8) is 0 Å². The number of fused-ring (bicyclic) bond motifs is 1. The summed E-state index contributed by atoms with van der Waals surface area (Å²) in [6, 6.07) is 14.0. The molecule has 5 heteroatoms. The van der Waals surface area contributed by atoms with E-state index in [1.807, 2.05) is 43.3 Å². The summed E-state index contributed by atoms with van der Waals surface area (Å²) >= 11 is 0. The predicted molar refractivity (Wildman–Crippen MR) is 94.3 cm³/mol. The van der Waals surface area contributed by atoms with Gasteiger partial charge in [0.05, 0.1) is 17.0 Å². The maximum Gasteiger partial charge on any atom is 0.241 e. The molecule has 0 aromatic heterocycles. The fourth-order valence-corrected chi connectivity index (χ4v) is 4.47. The van der Waals surface area contributed by atoms with Crippen LogP contribution in [-0.2, 0) is 22.9 Å². The van der Waals surface area contributed by atoms with Crippen LogP contribution in [0.5, 0.6) is 0 Å². The van der Waals surface area contributed by atoms with Crippen molar-refractivity contribution < 1.29 is 13.5 Å². The van der Waals surface area contributed by atoms with Crippen LogP contribution in [0.25, 0.3) is 0 Å². The van der Waals surface area contributed by atoms with E-state index in [0.29, 0.717) is 6.42 Å². The minimum atomic E-state index is -3.69. The van der Waals surface area contributed by atoms with Crippen LogP contribution in [0.15, 0.2) is 53.4 Å². The number of aryl methyl sites for hydroxylation is 2. The topological polar surface area (TPSA) is 66.4 Å². The van der Waals surface area contributed by atoms with Gasteiger partial charge in [-0.05, 0) is 54.5 Å². The summed E-state index contributed by atoms with van der Waals surface area (Å²) in [5, 5.41) is 10.5. The third-order valence-electron chi connectivity index (χ3n) is 4.64. The molecule has 24 heavy (non-hydrogen) atoms. The zero-order valence-electron chi connectivity index (χ0n) is 13.8. The molecule has 2 aromatic rings. The lowest BCUT2D eigenvalue weighted by atomic mass is 9.99. The van der Waals surface area contributed by atoms with E-state index in [-0.39, 0.29) is 4.90 Å². The van der Waals surface area contributed by atoms with E-state index in [1.165, 1.54) is 0 Å². The summed E-state index contributed by atoms with van der Waals surface area (Å²) in [7, 11) is -3.69. The average Bonchev–Trinajstić information content (AvgIpc) is 2.74. The van der Waals surface area contributed by atoms with Crippen molar-refractivity contribution in [3.8, 4) is 0 Å². The van der Waals surface area contributed by atoms with E-state index in [4.69, 9.17) is 0 Å². The molecule has 2 N–H and O–H groups in total. The monoisotopic (exact) mass is 345 g/mol. The van der Waals surface area contributed by atoms with Crippen molar-refractivity contribution in [1.82, 2.24) is 4.72 Å². The molecule has 0 aliphatic heterocycles. The Balaban J connectivity index is 1.92. The highest BCUT2D eigenvalue weighted by molar-refractivity contribution is 7.89. The molecule has 4 nitrogen and oxygen atoms in total. The summed E-state index contributed by atoms with van der Waals surface area (Å²) in [4.78, 5) is 0.230. The predicted octanol–water partition coefficient (Wildman–Crippen LogP) is 2.97. The van der Waals surface area contributed by atoms with Crippen LogP contribution in [-0.4, -0.2) is 19.6 Å². The van der Waals surface area contributed by atoms with Gasteiger partial charge in [0.25, 0.3) is 0 Å². The Kier molecular flexibility index (Phi) is 5.04. The van der Waals surface area contributed by atoms with Crippen molar-refractivity contribution in [2.75, 3.05) is 0 Å². The molecular weight excluding hydrogens is 322 g/mol. The third-order valence-corrected chi connectivity index (χ3v) is 6.10. The number of aliphatic hydroxyl groups excluding tert-OH is 1. The molecular formula is C19H23NO3S. The van der Waals surface area contributed by atoms with E-state index in [9.17, 15) is 13.5 Å². The fraction of sp³-hybridized carbons (Fsp3) is 0.368. The summed E-state index contributed by atoms with van der Waals surface area (Å²) in [5.41, 5.74) is 3.06. The zero-order valence-corrected chi connectivity index (χ0v) is 14.6. The molecule has 2 aromatic carbocycles. The van der Waals surface area contributed by atoms with Crippen molar-refractivity contribution in [2.45, 2.75) is 49.6 Å². The molecule has 0 fully saturated rings. The second-order valence-corrected chi connectivity index (χ2v) is 7.97. The number of nitrogens with one attached hydrogen (secondary N) is 1. The number of hydrogen-bond acceptors (Lipinski definition) is 3. The van der Waals surface area contributed by atoms with E-state index in [0.717, 1.165) is 36.0 Å². The quantitative estimate of drug-likeness (QED) is 0.837. The van der Waals surface area contributed by atoms with Crippen molar-refractivity contribution in [1.29, 1.82) is 0 Å². The number of aliphatic hydroxyl groups is 1. The van der Waals surface area contributed by atoms with Crippen LogP contribution in [0.4, 0.5) is 0 Å². The summed E-state index contributed by atoms with van der Waals surface area (Å²) in [5.74, 6) is 0. The molecule has 0 heterocycles. The molecule has 0 amide bonds. The lowest BCUT2D eigenvalue weighted by Gasteiger charge is -2.24. The minimum Gasteiger partial charge on any atom is -0.391 e. The van der Waals surface area contributed by atoms with E-state index in [1.54, 1.807) is 12.1 Å². The SMILES string of the molecule is CCc1ccc(S(=O)(=O)N[C@H]2c3ccccc3CCC[C@@H]2O)cc1. The second-order valence-electron chi connectivity index (χ2n) is 6.25. The molecule has 3 rings (SSSR count). The molecule has 0 bridgehead atoms. The maximum atomic E-state index is 12.7. The van der Waals surface area contributed by atoms with Gasteiger partial charge in [-0.3, -0.25) is 0 Å². The van der Waals surface area contributed by atoms with Crippen LogP contribution < -0.4 is 4.72 Å². The second kappa shape index (κ2) is 7.05. The highest BCUT2D eigenvalue weighted by Crippen LogP contribution is 2.30.